The Bertz CT molecular complexity index is 362. The number of aliphatic imine (C=N–C) groups is 1. The van der Waals surface area contributed by atoms with Crippen molar-refractivity contribution in [2.24, 2.45) is 10.4 Å². The smallest absolute Gasteiger partial charge is 0.846 e. The largest absolute Gasteiger partial charge is 1.00 e. The third-order valence-electron chi connectivity index (χ3n) is 2.77. The van der Waals surface area contributed by atoms with Gasteiger partial charge in [-0.2, -0.15) is 11.8 Å². The normalized spacial score (nSPS) is 23.7. The van der Waals surface area contributed by atoms with Crippen molar-refractivity contribution in [2.45, 2.75) is 26.7 Å². The zero-order valence-electron chi connectivity index (χ0n) is 11.4. The molecule has 0 spiro atoms. The van der Waals surface area contributed by atoms with E-state index in [1.54, 1.807) is 18.7 Å². The average Bonchev–Trinajstić information content (AvgIpc) is 2.30. The fourth-order valence-corrected chi connectivity index (χ4v) is 2.77. The molecule has 96 valence electrons. The Morgan fingerprint density at radius 1 is 1.44 bits per heavy atom. The van der Waals surface area contributed by atoms with Crippen molar-refractivity contribution in [3.8, 4) is 0 Å². The minimum Gasteiger partial charge on any atom is -0.846 e. The first-order chi connectivity index (χ1) is 7.93. The molecule has 0 aliphatic carbocycles. The van der Waals surface area contributed by atoms with Crippen molar-refractivity contribution in [3.63, 3.8) is 0 Å². The molecule has 0 N–H and O–H groups in total. The number of hydrogen-bond acceptors (Lipinski definition) is 4. The molecule has 0 fully saturated rings. The van der Waals surface area contributed by atoms with E-state index in [2.05, 4.69) is 11.9 Å². The molecule has 5 nitrogen and oxygen atoms in total. The number of rotatable bonds is 5. The van der Waals surface area contributed by atoms with Gasteiger partial charge in [0.25, 0.3) is 5.91 Å². The van der Waals surface area contributed by atoms with E-state index in [-0.39, 0.29) is 29.6 Å². The van der Waals surface area contributed by atoms with Gasteiger partial charge >= 0.3 is 29.6 Å². The van der Waals surface area contributed by atoms with Gasteiger partial charge in [0.1, 0.15) is 5.41 Å². The number of carbonyl (C=O) groups is 2. The van der Waals surface area contributed by atoms with Crippen LogP contribution in [0.2, 0.25) is 0 Å². The summed E-state index contributed by atoms with van der Waals surface area (Å²) in [4.78, 5) is 27.9. The van der Waals surface area contributed by atoms with Gasteiger partial charge in [-0.3, -0.25) is 9.59 Å². The molecule has 0 bridgehead atoms. The van der Waals surface area contributed by atoms with E-state index in [4.69, 9.17) is 0 Å². The molecule has 1 rings (SSSR count). The van der Waals surface area contributed by atoms with E-state index < -0.39 is 23.3 Å². The molecule has 18 heavy (non-hydrogen) atoms. The van der Waals surface area contributed by atoms with E-state index in [1.807, 2.05) is 0 Å². The summed E-state index contributed by atoms with van der Waals surface area (Å²) in [5.41, 5.74) is -1.18. The van der Waals surface area contributed by atoms with Gasteiger partial charge in [-0.1, -0.05) is 13.3 Å². The van der Waals surface area contributed by atoms with Crippen LogP contribution in [0, 0.1) is 5.41 Å². The summed E-state index contributed by atoms with van der Waals surface area (Å²) < 4.78 is 0. The topological polar surface area (TPSA) is 72.8 Å². The van der Waals surface area contributed by atoms with Crippen LogP contribution >= 0.6 is 11.8 Å². The van der Waals surface area contributed by atoms with Gasteiger partial charge in [-0.25, -0.2) is 4.99 Å². The van der Waals surface area contributed by atoms with Crippen LogP contribution in [0.5, 0.6) is 0 Å². The summed E-state index contributed by atoms with van der Waals surface area (Å²) in [5, 5.41) is 11.2. The standard InChI is InChI=1S/C11H18N2O3S.Na/c1-4-5-6-17-7-11(2)8(14)12-10(16)13(3)9(11)15;/h4-7H2,1-3H3,(H,12,14,16);/q;+1/p-1. The van der Waals surface area contributed by atoms with E-state index >= 15 is 0 Å². The van der Waals surface area contributed by atoms with Crippen molar-refractivity contribution in [2.75, 3.05) is 18.6 Å². The third-order valence-corrected chi connectivity index (χ3v) is 4.12. The predicted octanol–water partition coefficient (Wildman–Crippen LogP) is -2.76. The Kier molecular flexibility index (Phi) is 7.51. The molecule has 0 radical (unpaired) electrons. The second-order valence-electron chi connectivity index (χ2n) is 4.30. The fraction of sp³-hybridized carbons (Fsp3) is 0.727. The van der Waals surface area contributed by atoms with Crippen molar-refractivity contribution in [3.05, 3.63) is 0 Å². The number of amides is 2. The second kappa shape index (κ2) is 7.53. The Morgan fingerprint density at radius 3 is 2.61 bits per heavy atom. The minimum absolute atomic E-state index is 0. The van der Waals surface area contributed by atoms with Crippen LogP contribution < -0.4 is 34.7 Å². The Labute approximate surface area is 134 Å². The molecule has 0 aromatic rings. The Hall–Kier alpha value is -0.0400. The zero-order valence-corrected chi connectivity index (χ0v) is 14.2. The van der Waals surface area contributed by atoms with Gasteiger partial charge in [0.2, 0.25) is 5.91 Å². The molecule has 0 saturated carbocycles. The number of hydrogen-bond donors (Lipinski definition) is 0. The molecular weight excluding hydrogens is 263 g/mol. The van der Waals surface area contributed by atoms with Crippen molar-refractivity contribution < 1.29 is 44.3 Å². The van der Waals surface area contributed by atoms with E-state index in [0.29, 0.717) is 5.75 Å². The maximum Gasteiger partial charge on any atom is 1.00 e. The van der Waals surface area contributed by atoms with Crippen molar-refractivity contribution >= 4 is 29.6 Å². The summed E-state index contributed by atoms with van der Waals surface area (Å²) in [6, 6.07) is -0.768. The summed E-state index contributed by atoms with van der Waals surface area (Å²) in [5.74, 6) is 0.219. The second-order valence-corrected chi connectivity index (χ2v) is 5.41. The van der Waals surface area contributed by atoms with Crippen LogP contribution in [0.3, 0.4) is 0 Å². The first kappa shape index (κ1) is 18.0. The van der Waals surface area contributed by atoms with Crippen LogP contribution in [-0.4, -0.2) is 41.3 Å². The number of amidine groups is 1. The molecule has 2 amide bonds. The maximum absolute atomic E-state index is 11.9. The van der Waals surface area contributed by atoms with Crippen LogP contribution in [0.4, 0.5) is 0 Å². The summed E-state index contributed by atoms with van der Waals surface area (Å²) >= 11 is 1.55. The molecule has 0 aromatic heterocycles. The molecule has 0 aromatic carbocycles. The quantitative estimate of drug-likeness (QED) is 0.311. The van der Waals surface area contributed by atoms with Gasteiger partial charge in [0.15, 0.2) is 0 Å². The Morgan fingerprint density at radius 2 is 2.06 bits per heavy atom. The van der Waals surface area contributed by atoms with Gasteiger partial charge in [-0.15, -0.1) is 0 Å². The molecule has 0 saturated heterocycles. The van der Waals surface area contributed by atoms with Crippen molar-refractivity contribution in [1.82, 2.24) is 4.90 Å². The fourth-order valence-electron chi connectivity index (χ4n) is 1.48. The minimum atomic E-state index is -1.18. The summed E-state index contributed by atoms with van der Waals surface area (Å²) in [6.45, 7) is 3.64. The Balaban J connectivity index is 0.00000289. The molecule has 7 heteroatoms. The number of thioether (sulfide) groups is 1. The number of nitrogens with zero attached hydrogens (tertiary/aromatic N) is 2. The molecular formula is C11H17N2NaO3S. The van der Waals surface area contributed by atoms with E-state index in [9.17, 15) is 14.7 Å². The van der Waals surface area contributed by atoms with Gasteiger partial charge in [0, 0.05) is 12.8 Å². The number of carbonyl (C=O) groups excluding carboxylic acids is 2. The first-order valence-corrected chi connectivity index (χ1v) is 6.75. The van der Waals surface area contributed by atoms with Crippen LogP contribution in [0.15, 0.2) is 4.99 Å². The predicted molar refractivity (Wildman–Crippen MR) is 65.6 cm³/mol. The average molecular weight is 280 g/mol. The summed E-state index contributed by atoms with van der Waals surface area (Å²) in [6.07, 6.45) is 2.13. The first-order valence-electron chi connectivity index (χ1n) is 5.59. The van der Waals surface area contributed by atoms with Crippen LogP contribution in [-0.2, 0) is 9.59 Å². The maximum atomic E-state index is 11.9. The van der Waals surface area contributed by atoms with Gasteiger partial charge < -0.3 is 10.0 Å². The van der Waals surface area contributed by atoms with E-state index in [1.165, 1.54) is 7.05 Å². The molecule has 1 aliphatic rings. The number of unbranched alkanes of at least 4 members (excludes halogenated alkanes) is 1. The molecule has 1 heterocycles. The van der Waals surface area contributed by atoms with Crippen LogP contribution in [0.25, 0.3) is 0 Å². The van der Waals surface area contributed by atoms with Crippen LogP contribution in [0.1, 0.15) is 26.7 Å². The molecule has 1 unspecified atom stereocenters. The van der Waals surface area contributed by atoms with Gasteiger partial charge in [0.05, 0.1) is 6.02 Å². The molecule has 1 aliphatic heterocycles. The van der Waals surface area contributed by atoms with Crippen molar-refractivity contribution in [1.29, 1.82) is 0 Å². The van der Waals surface area contributed by atoms with E-state index in [0.717, 1.165) is 23.5 Å². The zero-order chi connectivity index (χ0) is 13.1. The van der Waals surface area contributed by atoms with Gasteiger partial charge in [-0.05, 0) is 19.1 Å². The summed E-state index contributed by atoms with van der Waals surface area (Å²) in [7, 11) is 1.36. The SMILES string of the molecule is CCCCSCC1(C)C(=O)N=C([O-])N(C)C1=O.[Na+]. The monoisotopic (exact) mass is 280 g/mol. The molecule has 1 atom stereocenters. The third kappa shape index (κ3) is 3.73.